The lowest BCUT2D eigenvalue weighted by Crippen LogP contribution is -2.38. The molecule has 0 saturated heterocycles. The zero-order valence-corrected chi connectivity index (χ0v) is 10.8. The molecule has 0 aliphatic rings. The van der Waals surface area contributed by atoms with Gasteiger partial charge in [-0.15, -0.1) is 0 Å². The molecular weight excluding hydrogens is 252 g/mol. The van der Waals surface area contributed by atoms with Crippen LogP contribution >= 0.6 is 11.3 Å². The summed E-state index contributed by atoms with van der Waals surface area (Å²) in [6.07, 6.45) is 0. The highest BCUT2D eigenvalue weighted by atomic mass is 32.2. The Balaban J connectivity index is 2.95. The average molecular weight is 266 g/mol. The smallest absolute Gasteiger partial charge is 0.305 e. The molecule has 0 aromatic carbocycles. The summed E-state index contributed by atoms with van der Waals surface area (Å²) >= 11 is 0.629. The number of aliphatic hydroxyl groups is 1. The largest absolute Gasteiger partial charge is 0.389 e. The second-order valence-electron chi connectivity index (χ2n) is 4.06. The molecule has 92 valence electrons. The summed E-state index contributed by atoms with van der Waals surface area (Å²) in [4.78, 5) is 13.0. The molecule has 3 N–H and O–H groups in total. The first-order valence-corrected chi connectivity index (χ1v) is 6.83. The van der Waals surface area contributed by atoms with Crippen LogP contribution in [0.15, 0.2) is 9.00 Å². The molecule has 1 aromatic heterocycles. The van der Waals surface area contributed by atoms with Crippen LogP contribution in [0.1, 0.15) is 19.5 Å². The van der Waals surface area contributed by atoms with Gasteiger partial charge in [0.05, 0.1) is 5.60 Å². The molecule has 0 radical (unpaired) electrons. The molecule has 8 heteroatoms. The van der Waals surface area contributed by atoms with Crippen LogP contribution in [0.5, 0.6) is 0 Å². The van der Waals surface area contributed by atoms with E-state index in [1.165, 1.54) is 20.8 Å². The minimum Gasteiger partial charge on any atom is -0.389 e. The van der Waals surface area contributed by atoms with Crippen molar-refractivity contribution in [1.29, 1.82) is 0 Å². The van der Waals surface area contributed by atoms with Crippen molar-refractivity contribution >= 4 is 21.4 Å². The molecule has 6 nitrogen and oxygen atoms in total. The van der Waals surface area contributed by atoms with Crippen LogP contribution in [0.4, 0.5) is 0 Å². The van der Waals surface area contributed by atoms with Gasteiger partial charge in [-0.1, -0.05) is 11.3 Å². The van der Waals surface area contributed by atoms with E-state index < -0.39 is 20.5 Å². The zero-order chi connectivity index (χ0) is 12.6. The van der Waals surface area contributed by atoms with E-state index in [-0.39, 0.29) is 10.8 Å². The number of aromatic nitrogens is 1. The fourth-order valence-electron chi connectivity index (χ4n) is 0.984. The lowest BCUT2D eigenvalue weighted by atomic mass is 10.1. The summed E-state index contributed by atoms with van der Waals surface area (Å²) < 4.78 is 25.7. The topological polar surface area (TPSA) is 99.3 Å². The second kappa shape index (κ2) is 4.28. The van der Waals surface area contributed by atoms with E-state index in [0.717, 1.165) is 0 Å². The predicted octanol–water partition coefficient (Wildman–Crippen LogP) is -0.206. The van der Waals surface area contributed by atoms with Crippen molar-refractivity contribution in [2.24, 2.45) is 0 Å². The van der Waals surface area contributed by atoms with Crippen molar-refractivity contribution < 1.29 is 13.5 Å². The van der Waals surface area contributed by atoms with Crippen LogP contribution in [0.3, 0.4) is 0 Å². The number of sulfonamides is 1. The fourth-order valence-corrected chi connectivity index (χ4v) is 3.53. The van der Waals surface area contributed by atoms with Crippen molar-refractivity contribution in [3.8, 4) is 0 Å². The molecule has 0 atom stereocenters. The van der Waals surface area contributed by atoms with Gasteiger partial charge in [-0.25, -0.2) is 13.1 Å². The van der Waals surface area contributed by atoms with Crippen LogP contribution in [-0.4, -0.2) is 30.7 Å². The standard InChI is InChI=1S/C8H14N2O4S2/c1-5-6(15-7(11)10-5)16(13,14)9-4-8(2,3)12/h9,12H,4H2,1-3H3,(H,10,11). The van der Waals surface area contributed by atoms with Crippen molar-refractivity contribution in [3.05, 3.63) is 15.4 Å². The van der Waals surface area contributed by atoms with Crippen LogP contribution in [0.2, 0.25) is 0 Å². The number of aromatic amines is 1. The summed E-state index contributed by atoms with van der Waals surface area (Å²) in [6.45, 7) is 4.38. The highest BCUT2D eigenvalue weighted by Crippen LogP contribution is 2.15. The second-order valence-corrected chi connectivity index (χ2v) is 7.01. The lowest BCUT2D eigenvalue weighted by molar-refractivity contribution is 0.0857. The molecule has 0 aliphatic heterocycles. The molecule has 16 heavy (non-hydrogen) atoms. The van der Waals surface area contributed by atoms with Gasteiger partial charge in [0, 0.05) is 12.2 Å². The average Bonchev–Trinajstić information content (AvgIpc) is 2.42. The van der Waals surface area contributed by atoms with Gasteiger partial charge in [0.25, 0.3) is 10.0 Å². The number of aryl methyl sites for hydroxylation is 1. The molecule has 1 aromatic rings. The predicted molar refractivity (Wildman–Crippen MR) is 61.2 cm³/mol. The summed E-state index contributed by atoms with van der Waals surface area (Å²) in [6, 6.07) is 0. The number of hydrogen-bond acceptors (Lipinski definition) is 5. The highest BCUT2D eigenvalue weighted by Gasteiger charge is 2.23. The fraction of sp³-hybridized carbons (Fsp3) is 0.625. The minimum atomic E-state index is -3.73. The van der Waals surface area contributed by atoms with Crippen molar-refractivity contribution in [1.82, 2.24) is 9.71 Å². The molecule has 0 bridgehead atoms. The first-order chi connectivity index (χ1) is 7.12. The Morgan fingerprint density at radius 1 is 1.50 bits per heavy atom. The van der Waals surface area contributed by atoms with Crippen molar-refractivity contribution in [3.63, 3.8) is 0 Å². The summed E-state index contributed by atoms with van der Waals surface area (Å²) in [5.74, 6) is 0. The Hall–Kier alpha value is -0.700. The Bertz CT molecular complexity index is 521. The van der Waals surface area contributed by atoms with E-state index in [9.17, 15) is 18.3 Å². The van der Waals surface area contributed by atoms with Crippen molar-refractivity contribution in [2.75, 3.05) is 6.54 Å². The van der Waals surface area contributed by atoms with Crippen LogP contribution in [-0.2, 0) is 10.0 Å². The van der Waals surface area contributed by atoms with Gasteiger partial charge >= 0.3 is 4.87 Å². The van der Waals surface area contributed by atoms with Crippen LogP contribution in [0.25, 0.3) is 0 Å². The van der Waals surface area contributed by atoms with E-state index in [2.05, 4.69) is 9.71 Å². The maximum absolute atomic E-state index is 11.7. The number of H-pyrrole nitrogens is 1. The zero-order valence-electron chi connectivity index (χ0n) is 9.20. The van der Waals surface area contributed by atoms with E-state index in [4.69, 9.17) is 0 Å². The van der Waals surface area contributed by atoms with Crippen LogP contribution in [0, 0.1) is 6.92 Å². The molecule has 0 spiro atoms. The summed E-state index contributed by atoms with van der Waals surface area (Å²) in [5, 5.41) is 9.41. The summed E-state index contributed by atoms with van der Waals surface area (Å²) in [5.41, 5.74) is -0.833. The third-order valence-electron chi connectivity index (χ3n) is 1.72. The summed E-state index contributed by atoms with van der Waals surface area (Å²) in [7, 11) is -3.73. The normalized spacial score (nSPS) is 13.0. The van der Waals surface area contributed by atoms with Gasteiger partial charge in [0.15, 0.2) is 4.21 Å². The van der Waals surface area contributed by atoms with Gasteiger partial charge in [-0.3, -0.25) is 4.79 Å². The Kier molecular flexibility index (Phi) is 3.58. The molecule has 1 rings (SSSR count). The molecule has 0 amide bonds. The molecule has 0 saturated carbocycles. The maximum Gasteiger partial charge on any atom is 0.305 e. The van der Waals surface area contributed by atoms with Gasteiger partial charge in [-0.05, 0) is 20.8 Å². The SMILES string of the molecule is Cc1[nH]c(=O)sc1S(=O)(=O)NCC(C)(C)O. The first-order valence-electron chi connectivity index (χ1n) is 4.53. The van der Waals surface area contributed by atoms with Crippen molar-refractivity contribution in [2.45, 2.75) is 30.6 Å². The number of hydrogen-bond donors (Lipinski definition) is 3. The number of nitrogens with one attached hydrogen (secondary N) is 2. The Morgan fingerprint density at radius 3 is 2.44 bits per heavy atom. The third kappa shape index (κ3) is 3.41. The van der Waals surface area contributed by atoms with Gasteiger partial charge in [0.2, 0.25) is 0 Å². The van der Waals surface area contributed by atoms with Gasteiger partial charge < -0.3 is 10.1 Å². The maximum atomic E-state index is 11.7. The highest BCUT2D eigenvalue weighted by molar-refractivity contribution is 7.91. The minimum absolute atomic E-state index is 0.0400. The van der Waals surface area contributed by atoms with E-state index in [0.29, 0.717) is 17.0 Å². The van der Waals surface area contributed by atoms with E-state index in [1.807, 2.05) is 0 Å². The van der Waals surface area contributed by atoms with Gasteiger partial charge in [-0.2, -0.15) is 0 Å². The van der Waals surface area contributed by atoms with E-state index >= 15 is 0 Å². The van der Waals surface area contributed by atoms with E-state index in [1.54, 1.807) is 0 Å². The van der Waals surface area contributed by atoms with Crippen LogP contribution < -0.4 is 9.60 Å². The first kappa shape index (κ1) is 13.4. The number of thiazole rings is 1. The molecule has 0 fully saturated rings. The molecule has 0 unspecified atom stereocenters. The lowest BCUT2D eigenvalue weighted by Gasteiger charge is -2.17. The number of rotatable bonds is 4. The molecule has 1 heterocycles. The monoisotopic (exact) mass is 266 g/mol. The third-order valence-corrected chi connectivity index (χ3v) is 4.73. The molecule has 0 aliphatic carbocycles. The Morgan fingerprint density at radius 2 is 2.06 bits per heavy atom. The molecular formula is C8H14N2O4S2. The Labute approximate surface area is 97.4 Å². The van der Waals surface area contributed by atoms with Gasteiger partial charge in [0.1, 0.15) is 0 Å². The quantitative estimate of drug-likeness (QED) is 0.702.